The molecule has 0 fully saturated rings. The fraction of sp³-hybridized carbons (Fsp3) is 0. The van der Waals surface area contributed by atoms with Crippen LogP contribution in [-0.4, -0.2) is 11.1 Å². The van der Waals surface area contributed by atoms with E-state index in [-0.39, 0.29) is 10.6 Å². The normalized spacial score (nSPS) is 9.70. The zero-order chi connectivity index (χ0) is 7.72. The zero-order valence-corrected chi connectivity index (χ0v) is 5.61. The molecule has 1 rings (SSSR count). The molecule has 0 bridgehead atoms. The number of anilines is 1. The van der Waals surface area contributed by atoms with E-state index in [9.17, 15) is 9.18 Å². The second kappa shape index (κ2) is 2.26. The Balaban J connectivity index is 3.17. The largest absolute Gasteiger partial charge is 0.478 e. The molecule has 0 amide bonds. The molecule has 1 aromatic heterocycles. The molecule has 0 saturated carbocycles. The molecule has 10 heavy (non-hydrogen) atoms. The van der Waals surface area contributed by atoms with Gasteiger partial charge in [-0.1, -0.05) is 0 Å². The van der Waals surface area contributed by atoms with Crippen molar-refractivity contribution in [2.75, 3.05) is 5.73 Å². The molecule has 0 aromatic carbocycles. The van der Waals surface area contributed by atoms with Gasteiger partial charge >= 0.3 is 5.97 Å². The Bertz CT molecular complexity index is 271. The van der Waals surface area contributed by atoms with E-state index in [2.05, 4.69) is 0 Å². The molecular formula is C5H4FNO2S. The molecule has 54 valence electrons. The third-order valence-electron chi connectivity index (χ3n) is 0.987. The van der Waals surface area contributed by atoms with Crippen LogP contribution in [0.2, 0.25) is 0 Å². The van der Waals surface area contributed by atoms with Gasteiger partial charge in [0.25, 0.3) is 0 Å². The highest BCUT2D eigenvalue weighted by atomic mass is 32.1. The molecule has 0 atom stereocenters. The van der Waals surface area contributed by atoms with Gasteiger partial charge < -0.3 is 10.8 Å². The Morgan fingerprint density at radius 3 is 2.60 bits per heavy atom. The fourth-order valence-corrected chi connectivity index (χ4v) is 1.17. The molecule has 1 heterocycles. The summed E-state index contributed by atoms with van der Waals surface area (Å²) in [5.41, 5.74) is 4.70. The number of rotatable bonds is 1. The van der Waals surface area contributed by atoms with Crippen molar-refractivity contribution in [3.05, 3.63) is 16.8 Å². The molecule has 0 unspecified atom stereocenters. The van der Waals surface area contributed by atoms with Crippen LogP contribution in [-0.2, 0) is 0 Å². The summed E-state index contributed by atoms with van der Waals surface area (Å²) in [5.74, 6) is -2.12. The maximum absolute atomic E-state index is 12.5. The standard InChI is InChI=1S/C5H4FNO2S/c6-3-2(5(8)9)1-10-4(3)7/h1H,7H2,(H,8,9). The summed E-state index contributed by atoms with van der Waals surface area (Å²) in [6.07, 6.45) is 0. The van der Waals surface area contributed by atoms with Crippen LogP contribution in [0.3, 0.4) is 0 Å². The molecule has 0 radical (unpaired) electrons. The Labute approximate surface area is 59.9 Å². The van der Waals surface area contributed by atoms with Crippen molar-refractivity contribution in [2.24, 2.45) is 0 Å². The number of halogens is 1. The van der Waals surface area contributed by atoms with E-state index in [4.69, 9.17) is 10.8 Å². The smallest absolute Gasteiger partial charge is 0.339 e. The summed E-state index contributed by atoms with van der Waals surface area (Å²) in [4.78, 5) is 10.1. The van der Waals surface area contributed by atoms with E-state index in [1.54, 1.807) is 0 Å². The predicted molar refractivity (Wildman–Crippen MR) is 35.6 cm³/mol. The van der Waals surface area contributed by atoms with Crippen LogP contribution in [0.25, 0.3) is 0 Å². The molecule has 5 heteroatoms. The minimum absolute atomic E-state index is 0.0857. The lowest BCUT2D eigenvalue weighted by Gasteiger charge is -1.86. The second-order valence-corrected chi connectivity index (χ2v) is 2.54. The number of hydrogen-bond donors (Lipinski definition) is 2. The highest BCUT2D eigenvalue weighted by molar-refractivity contribution is 7.14. The van der Waals surface area contributed by atoms with Crippen molar-refractivity contribution < 1.29 is 14.3 Å². The first-order valence-electron chi connectivity index (χ1n) is 2.38. The first kappa shape index (κ1) is 7.01. The third-order valence-corrected chi connectivity index (χ3v) is 1.77. The predicted octanol–water partition coefficient (Wildman–Crippen LogP) is 1.17. The number of nitrogen functional groups attached to an aromatic ring is 1. The number of aromatic carboxylic acids is 1. The summed E-state index contributed by atoms with van der Waals surface area (Å²) < 4.78 is 12.5. The lowest BCUT2D eigenvalue weighted by atomic mass is 10.3. The molecular weight excluding hydrogens is 157 g/mol. The van der Waals surface area contributed by atoms with E-state index in [0.29, 0.717) is 0 Å². The van der Waals surface area contributed by atoms with Crippen LogP contribution in [0.1, 0.15) is 10.4 Å². The van der Waals surface area contributed by atoms with E-state index in [0.717, 1.165) is 11.3 Å². The number of carbonyl (C=O) groups is 1. The fourth-order valence-electron chi connectivity index (χ4n) is 0.503. The lowest BCUT2D eigenvalue weighted by Crippen LogP contribution is -1.97. The number of carboxylic acid groups (broad SMARTS) is 1. The van der Waals surface area contributed by atoms with Crippen molar-refractivity contribution in [2.45, 2.75) is 0 Å². The lowest BCUT2D eigenvalue weighted by molar-refractivity contribution is 0.0693. The van der Waals surface area contributed by atoms with Gasteiger partial charge in [-0.2, -0.15) is 0 Å². The van der Waals surface area contributed by atoms with Crippen LogP contribution in [0.4, 0.5) is 9.39 Å². The van der Waals surface area contributed by atoms with Crippen LogP contribution in [0.5, 0.6) is 0 Å². The summed E-state index contributed by atoms with van der Waals surface area (Å²) in [5, 5.41) is 9.38. The molecule has 3 nitrogen and oxygen atoms in total. The molecule has 1 aromatic rings. The average molecular weight is 161 g/mol. The van der Waals surface area contributed by atoms with Crippen LogP contribution >= 0.6 is 11.3 Å². The number of hydrogen-bond acceptors (Lipinski definition) is 3. The van der Waals surface area contributed by atoms with E-state index in [1.165, 1.54) is 5.38 Å². The van der Waals surface area contributed by atoms with Crippen LogP contribution < -0.4 is 5.73 Å². The van der Waals surface area contributed by atoms with Crippen molar-refractivity contribution in [1.29, 1.82) is 0 Å². The molecule has 0 spiro atoms. The van der Waals surface area contributed by atoms with Crippen LogP contribution in [0.15, 0.2) is 5.38 Å². The van der Waals surface area contributed by atoms with Gasteiger partial charge in [-0.05, 0) is 0 Å². The first-order valence-corrected chi connectivity index (χ1v) is 3.26. The summed E-state index contributed by atoms with van der Waals surface area (Å²) in [6, 6.07) is 0. The quantitative estimate of drug-likeness (QED) is 0.649. The number of nitrogens with two attached hydrogens (primary N) is 1. The van der Waals surface area contributed by atoms with Crippen LogP contribution in [0, 0.1) is 5.82 Å². The Kier molecular flexibility index (Phi) is 1.58. The van der Waals surface area contributed by atoms with Gasteiger partial charge in [0.2, 0.25) is 0 Å². The number of carboxylic acids is 1. The SMILES string of the molecule is Nc1scc(C(=O)O)c1F. The Morgan fingerprint density at radius 1 is 1.80 bits per heavy atom. The van der Waals surface area contributed by atoms with E-state index >= 15 is 0 Å². The molecule has 0 saturated heterocycles. The monoisotopic (exact) mass is 161 g/mol. The van der Waals surface area contributed by atoms with Gasteiger partial charge in [0.1, 0.15) is 10.6 Å². The maximum Gasteiger partial charge on any atom is 0.339 e. The van der Waals surface area contributed by atoms with Crippen molar-refractivity contribution in [3.8, 4) is 0 Å². The molecule has 0 aliphatic carbocycles. The summed E-state index contributed by atoms with van der Waals surface area (Å²) >= 11 is 0.881. The van der Waals surface area contributed by atoms with Gasteiger partial charge in [-0.3, -0.25) is 0 Å². The van der Waals surface area contributed by atoms with Gasteiger partial charge in [0.15, 0.2) is 5.82 Å². The Morgan fingerprint density at radius 2 is 2.40 bits per heavy atom. The van der Waals surface area contributed by atoms with Crippen molar-refractivity contribution in [3.63, 3.8) is 0 Å². The Hall–Kier alpha value is -1.10. The minimum atomic E-state index is -1.29. The van der Waals surface area contributed by atoms with E-state index < -0.39 is 11.8 Å². The first-order chi connectivity index (χ1) is 4.63. The van der Waals surface area contributed by atoms with Gasteiger partial charge in [-0.25, -0.2) is 9.18 Å². The molecule has 0 aliphatic heterocycles. The van der Waals surface area contributed by atoms with Gasteiger partial charge in [-0.15, -0.1) is 11.3 Å². The third kappa shape index (κ3) is 0.950. The summed E-state index contributed by atoms with van der Waals surface area (Å²) in [6.45, 7) is 0. The molecule has 3 N–H and O–H groups in total. The highest BCUT2D eigenvalue weighted by Gasteiger charge is 2.14. The average Bonchev–Trinajstić information content (AvgIpc) is 2.14. The van der Waals surface area contributed by atoms with Crippen molar-refractivity contribution in [1.82, 2.24) is 0 Å². The molecule has 0 aliphatic rings. The zero-order valence-electron chi connectivity index (χ0n) is 4.80. The summed E-state index contributed by atoms with van der Waals surface area (Å²) in [7, 11) is 0. The maximum atomic E-state index is 12.5. The van der Waals surface area contributed by atoms with E-state index in [1.807, 2.05) is 0 Å². The van der Waals surface area contributed by atoms with Gasteiger partial charge in [0.05, 0.1) is 0 Å². The topological polar surface area (TPSA) is 63.3 Å². The highest BCUT2D eigenvalue weighted by Crippen LogP contribution is 2.22. The van der Waals surface area contributed by atoms with Crippen molar-refractivity contribution >= 4 is 22.3 Å². The minimum Gasteiger partial charge on any atom is -0.478 e. The van der Waals surface area contributed by atoms with Gasteiger partial charge in [0, 0.05) is 5.38 Å². The second-order valence-electron chi connectivity index (χ2n) is 1.63. The number of thiophene rings is 1.